The molecular weight excluding hydrogens is 444 g/mol. The number of rotatable bonds is 8. The minimum Gasteiger partial charge on any atom is -0.423 e. The number of non-ortho nitro benzene ring substituents is 2. The Morgan fingerprint density at radius 3 is 1.32 bits per heavy atom. The molecule has 0 radical (unpaired) electrons. The monoisotopic (exact) mass is 464 g/mol. The summed E-state index contributed by atoms with van der Waals surface area (Å²) in [6, 6.07) is 13.5. The van der Waals surface area contributed by atoms with Gasteiger partial charge in [-0.2, -0.15) is 0 Å². The Kier molecular flexibility index (Phi) is 7.32. The maximum atomic E-state index is 12.5. The van der Waals surface area contributed by atoms with E-state index in [0.29, 0.717) is 24.0 Å². The van der Waals surface area contributed by atoms with Gasteiger partial charge in [-0.3, -0.25) is 20.2 Å². The van der Waals surface area contributed by atoms with Crippen molar-refractivity contribution in [2.45, 2.75) is 26.7 Å². The van der Waals surface area contributed by atoms with Crippen LogP contribution in [0.25, 0.3) is 0 Å². The number of ether oxygens (including phenoxy) is 2. The van der Waals surface area contributed by atoms with Crippen LogP contribution < -0.4 is 9.47 Å². The zero-order valence-corrected chi connectivity index (χ0v) is 18.3. The summed E-state index contributed by atoms with van der Waals surface area (Å²) in [5, 5.41) is 21.9. The van der Waals surface area contributed by atoms with Crippen LogP contribution >= 0.6 is 0 Å². The van der Waals surface area contributed by atoms with Crippen LogP contribution in [0.1, 0.15) is 45.7 Å². The fourth-order valence-corrected chi connectivity index (χ4v) is 3.17. The van der Waals surface area contributed by atoms with Gasteiger partial charge in [0.2, 0.25) is 0 Å². The lowest BCUT2D eigenvalue weighted by Crippen LogP contribution is -2.12. The molecule has 3 aromatic carbocycles. The summed E-state index contributed by atoms with van der Waals surface area (Å²) in [6.07, 6.45) is 0.856. The number of nitro benzene ring substituents is 2. The Balaban J connectivity index is 1.72. The zero-order chi connectivity index (χ0) is 24.8. The summed E-state index contributed by atoms with van der Waals surface area (Å²) in [5.74, 6) is -0.946. The normalized spacial score (nSPS) is 10.4. The molecule has 0 unspecified atom stereocenters. The fraction of sp³-hybridized carbons (Fsp3) is 0.167. The van der Waals surface area contributed by atoms with Crippen LogP contribution in [0, 0.1) is 20.2 Å². The fourth-order valence-electron chi connectivity index (χ4n) is 3.17. The smallest absolute Gasteiger partial charge is 0.343 e. The summed E-state index contributed by atoms with van der Waals surface area (Å²) >= 11 is 0. The number of nitro groups is 2. The minimum atomic E-state index is -0.688. The molecule has 0 saturated heterocycles. The van der Waals surface area contributed by atoms with E-state index in [-0.39, 0.29) is 34.0 Å². The number of nitrogens with zero attached hydrogens (tertiary/aromatic N) is 2. The second kappa shape index (κ2) is 10.3. The van der Waals surface area contributed by atoms with Gasteiger partial charge in [0.25, 0.3) is 11.4 Å². The third-order valence-corrected chi connectivity index (χ3v) is 5.03. The predicted octanol–water partition coefficient (Wildman–Crippen LogP) is 5.07. The standard InChI is InChI=1S/C24H20N2O8/c1-3-15-13-19(25(29)30)9-11-21(15)33-23(27)17-5-7-18(8-6-17)24(28)34-22-12-10-20(26(31)32)14-16(22)4-2/h5-14H,3-4H2,1-2H3. The van der Waals surface area contributed by atoms with E-state index >= 15 is 0 Å². The molecule has 0 saturated carbocycles. The Labute approximate surface area is 194 Å². The molecule has 0 fully saturated rings. The van der Waals surface area contributed by atoms with Crippen molar-refractivity contribution in [2.75, 3.05) is 0 Å². The largest absolute Gasteiger partial charge is 0.423 e. The van der Waals surface area contributed by atoms with Gasteiger partial charge in [-0.15, -0.1) is 0 Å². The molecule has 0 N–H and O–H groups in total. The number of aryl methyl sites for hydroxylation is 2. The van der Waals surface area contributed by atoms with Crippen LogP contribution in [0.15, 0.2) is 60.7 Å². The van der Waals surface area contributed by atoms with E-state index in [2.05, 4.69) is 0 Å². The molecule has 0 amide bonds. The molecule has 0 spiro atoms. The van der Waals surface area contributed by atoms with Crippen molar-refractivity contribution < 1.29 is 28.9 Å². The second-order valence-corrected chi connectivity index (χ2v) is 7.16. The van der Waals surface area contributed by atoms with Gasteiger partial charge in [-0.25, -0.2) is 9.59 Å². The van der Waals surface area contributed by atoms with Crippen LogP contribution in [0.2, 0.25) is 0 Å². The van der Waals surface area contributed by atoms with Crippen molar-refractivity contribution in [3.8, 4) is 11.5 Å². The van der Waals surface area contributed by atoms with Gasteiger partial charge in [0, 0.05) is 35.4 Å². The molecule has 0 atom stereocenters. The first kappa shape index (κ1) is 24.1. The van der Waals surface area contributed by atoms with Crippen molar-refractivity contribution in [1.29, 1.82) is 0 Å². The third kappa shape index (κ3) is 5.41. The van der Waals surface area contributed by atoms with Gasteiger partial charge in [-0.05, 0) is 49.2 Å². The molecule has 0 heterocycles. The van der Waals surface area contributed by atoms with Gasteiger partial charge >= 0.3 is 11.9 Å². The van der Waals surface area contributed by atoms with Crippen molar-refractivity contribution >= 4 is 23.3 Å². The lowest BCUT2D eigenvalue weighted by atomic mass is 10.1. The Bertz CT molecular complexity index is 1170. The highest BCUT2D eigenvalue weighted by Crippen LogP contribution is 2.27. The van der Waals surface area contributed by atoms with E-state index in [9.17, 15) is 29.8 Å². The SMILES string of the molecule is CCc1cc([N+](=O)[O-])ccc1OC(=O)c1ccc(C(=O)Oc2ccc([N+](=O)[O-])cc2CC)cc1. The summed E-state index contributed by atoms with van der Waals surface area (Å²) in [7, 11) is 0. The first-order valence-corrected chi connectivity index (χ1v) is 10.3. The van der Waals surface area contributed by atoms with Crippen LogP contribution in [0.3, 0.4) is 0 Å². The topological polar surface area (TPSA) is 139 Å². The Morgan fingerprint density at radius 2 is 1.03 bits per heavy atom. The summed E-state index contributed by atoms with van der Waals surface area (Å²) < 4.78 is 10.8. The number of carbonyl (C=O) groups excluding carboxylic acids is 2. The van der Waals surface area contributed by atoms with Gasteiger partial charge in [0.15, 0.2) is 0 Å². The molecular formula is C24H20N2O8. The van der Waals surface area contributed by atoms with E-state index in [1.54, 1.807) is 13.8 Å². The Hall–Kier alpha value is -4.60. The van der Waals surface area contributed by atoms with Crippen molar-refractivity contribution in [3.05, 3.63) is 103 Å². The minimum absolute atomic E-state index is 0.0984. The summed E-state index contributed by atoms with van der Waals surface area (Å²) in [5.41, 5.74) is 1.16. The first-order chi connectivity index (χ1) is 16.2. The van der Waals surface area contributed by atoms with E-state index in [1.165, 1.54) is 60.7 Å². The maximum absolute atomic E-state index is 12.5. The molecule has 10 heteroatoms. The van der Waals surface area contributed by atoms with Gasteiger partial charge in [0.05, 0.1) is 21.0 Å². The van der Waals surface area contributed by atoms with E-state index in [4.69, 9.17) is 9.47 Å². The third-order valence-electron chi connectivity index (χ3n) is 5.03. The van der Waals surface area contributed by atoms with Crippen LogP contribution in [-0.2, 0) is 12.8 Å². The van der Waals surface area contributed by atoms with Crippen LogP contribution in [0.4, 0.5) is 11.4 Å². The number of carbonyl (C=O) groups is 2. The van der Waals surface area contributed by atoms with Crippen LogP contribution in [-0.4, -0.2) is 21.8 Å². The number of hydrogen-bond donors (Lipinski definition) is 0. The lowest BCUT2D eigenvalue weighted by molar-refractivity contribution is -0.385. The number of hydrogen-bond acceptors (Lipinski definition) is 8. The van der Waals surface area contributed by atoms with Crippen LogP contribution in [0.5, 0.6) is 11.5 Å². The average Bonchev–Trinajstić information content (AvgIpc) is 2.84. The zero-order valence-electron chi connectivity index (χ0n) is 18.3. The molecule has 0 aliphatic rings. The molecule has 0 bridgehead atoms. The first-order valence-electron chi connectivity index (χ1n) is 10.3. The molecule has 10 nitrogen and oxygen atoms in total. The maximum Gasteiger partial charge on any atom is 0.343 e. The lowest BCUT2D eigenvalue weighted by Gasteiger charge is -2.10. The average molecular weight is 464 g/mol. The molecule has 3 aromatic rings. The molecule has 34 heavy (non-hydrogen) atoms. The molecule has 0 aliphatic carbocycles. The van der Waals surface area contributed by atoms with E-state index < -0.39 is 21.8 Å². The molecule has 3 rings (SSSR count). The molecule has 174 valence electrons. The number of esters is 2. The van der Waals surface area contributed by atoms with Gasteiger partial charge < -0.3 is 9.47 Å². The number of benzene rings is 3. The highest BCUT2D eigenvalue weighted by molar-refractivity contribution is 5.95. The van der Waals surface area contributed by atoms with Gasteiger partial charge in [-0.1, -0.05) is 13.8 Å². The highest BCUT2D eigenvalue weighted by Gasteiger charge is 2.18. The molecule has 0 aliphatic heterocycles. The summed E-state index contributed by atoms with van der Waals surface area (Å²) in [6.45, 7) is 3.57. The van der Waals surface area contributed by atoms with Crippen molar-refractivity contribution in [3.63, 3.8) is 0 Å². The predicted molar refractivity (Wildman–Crippen MR) is 121 cm³/mol. The highest BCUT2D eigenvalue weighted by atomic mass is 16.6. The van der Waals surface area contributed by atoms with Gasteiger partial charge in [0.1, 0.15) is 11.5 Å². The van der Waals surface area contributed by atoms with E-state index in [1.807, 2.05) is 0 Å². The van der Waals surface area contributed by atoms with E-state index in [0.717, 1.165) is 0 Å². The van der Waals surface area contributed by atoms with Crippen molar-refractivity contribution in [1.82, 2.24) is 0 Å². The second-order valence-electron chi connectivity index (χ2n) is 7.16. The molecule has 0 aromatic heterocycles. The Morgan fingerprint density at radius 1 is 0.676 bits per heavy atom. The quantitative estimate of drug-likeness (QED) is 0.195. The summed E-state index contributed by atoms with van der Waals surface area (Å²) in [4.78, 5) is 45.9. The van der Waals surface area contributed by atoms with Crippen molar-refractivity contribution in [2.24, 2.45) is 0 Å².